The van der Waals surface area contributed by atoms with Gasteiger partial charge >= 0.3 is 0 Å². The largest absolute Gasteiger partial charge is 0.470 e. The minimum atomic E-state index is -0.360. The number of nitrogens with one attached hydrogen (secondary N) is 1. The Hall–Kier alpha value is -4.17. The molecule has 13 nitrogen and oxygen atoms in total. The number of nitrogens with zero attached hydrogens (tertiary/aromatic N) is 6. The number of hydrogen-bond donors (Lipinski definition) is 1. The number of ether oxygens (including phenoxy) is 4. The van der Waals surface area contributed by atoms with E-state index in [1.165, 1.54) is 0 Å². The Kier molecular flexibility index (Phi) is 8.76. The quantitative estimate of drug-likeness (QED) is 0.263. The first-order valence-corrected chi connectivity index (χ1v) is 12.7. The van der Waals surface area contributed by atoms with Crippen LogP contribution in [0.2, 0.25) is 0 Å². The molecular formula is C27H31N7O6. The summed E-state index contributed by atoms with van der Waals surface area (Å²) in [6.45, 7) is 2.27. The lowest BCUT2D eigenvalue weighted by Crippen LogP contribution is -2.36. The first-order chi connectivity index (χ1) is 19.6. The molecule has 13 heteroatoms. The summed E-state index contributed by atoms with van der Waals surface area (Å²) in [6, 6.07) is 10.8. The summed E-state index contributed by atoms with van der Waals surface area (Å²) in [4.78, 5) is 24.6. The van der Waals surface area contributed by atoms with E-state index in [4.69, 9.17) is 28.9 Å². The van der Waals surface area contributed by atoms with Crippen molar-refractivity contribution in [3.8, 4) is 5.88 Å². The number of hydrogen-bond acceptors (Lipinski definition) is 11. The highest BCUT2D eigenvalue weighted by atomic mass is 16.7. The lowest BCUT2D eigenvalue weighted by atomic mass is 10.2. The molecule has 0 saturated carbocycles. The number of fused-ring (bicyclic) bond motifs is 3. The number of hydroxylamine groups is 1. The van der Waals surface area contributed by atoms with Gasteiger partial charge in [0.05, 0.1) is 24.5 Å². The number of pyridine rings is 1. The minimum absolute atomic E-state index is 0.139. The molecule has 0 bridgehead atoms. The number of methoxy groups -OCH3 is 3. The molecule has 0 saturated heterocycles. The number of amides is 1. The minimum Gasteiger partial charge on any atom is -0.470 e. The zero-order valence-corrected chi connectivity index (χ0v) is 22.6. The molecule has 4 heterocycles. The Morgan fingerprint density at radius 1 is 1.00 bits per heavy atom. The topological polar surface area (TPSA) is 134 Å². The summed E-state index contributed by atoms with van der Waals surface area (Å²) in [7, 11) is 4.80. The van der Waals surface area contributed by atoms with Gasteiger partial charge in [0, 0.05) is 51.4 Å². The smallest absolute Gasteiger partial charge is 0.255 e. The van der Waals surface area contributed by atoms with Crippen LogP contribution in [0.15, 0.2) is 54.4 Å². The van der Waals surface area contributed by atoms with E-state index in [9.17, 15) is 4.79 Å². The Labute approximate surface area is 230 Å². The molecule has 1 unspecified atom stereocenters. The zero-order valence-electron chi connectivity index (χ0n) is 22.6. The molecule has 0 aliphatic carbocycles. The summed E-state index contributed by atoms with van der Waals surface area (Å²) in [5.74, 6) is 1.45. The summed E-state index contributed by atoms with van der Waals surface area (Å²) < 4.78 is 23.2. The highest BCUT2D eigenvalue weighted by molar-refractivity contribution is 5.96. The molecule has 3 aromatic heterocycles. The average Bonchev–Trinajstić information content (AvgIpc) is 3.63. The van der Waals surface area contributed by atoms with E-state index >= 15 is 0 Å². The molecule has 1 aliphatic heterocycles. The summed E-state index contributed by atoms with van der Waals surface area (Å²) in [5, 5.41) is 15.1. The van der Waals surface area contributed by atoms with Crippen LogP contribution in [-0.2, 0) is 25.7 Å². The van der Waals surface area contributed by atoms with Crippen molar-refractivity contribution in [1.82, 2.24) is 35.2 Å². The van der Waals surface area contributed by atoms with Crippen LogP contribution in [0, 0.1) is 0 Å². The first kappa shape index (κ1) is 27.4. The second-order valence-electron chi connectivity index (χ2n) is 9.01. The number of carbonyl (C=O) groups is 1. The van der Waals surface area contributed by atoms with Crippen molar-refractivity contribution in [2.45, 2.75) is 12.6 Å². The molecule has 1 atom stereocenters. The van der Waals surface area contributed by atoms with Crippen LogP contribution >= 0.6 is 0 Å². The molecule has 1 N–H and O–H groups in total. The fraction of sp³-hybridized carbons (Fsp3) is 0.370. The first-order valence-electron chi connectivity index (χ1n) is 12.7. The Bertz CT molecular complexity index is 1480. The van der Waals surface area contributed by atoms with Crippen LogP contribution < -0.4 is 10.2 Å². The van der Waals surface area contributed by atoms with Crippen LogP contribution in [0.3, 0.4) is 0 Å². The van der Waals surface area contributed by atoms with Crippen molar-refractivity contribution in [2.24, 2.45) is 0 Å². The maximum atomic E-state index is 13.0. The molecular weight excluding hydrogens is 518 g/mol. The number of carbonyl (C=O) groups excluding carboxylic acids is 1. The van der Waals surface area contributed by atoms with Crippen LogP contribution in [0.5, 0.6) is 5.88 Å². The number of aromatic nitrogens is 5. The molecule has 0 radical (unpaired) electrons. The maximum absolute atomic E-state index is 13.0. The molecule has 0 spiro atoms. The van der Waals surface area contributed by atoms with Crippen molar-refractivity contribution < 1.29 is 28.6 Å². The molecule has 40 heavy (non-hydrogen) atoms. The van der Waals surface area contributed by atoms with E-state index in [1.54, 1.807) is 49.1 Å². The second-order valence-corrected chi connectivity index (χ2v) is 9.01. The SMILES string of the molecule is COCCN(CCOC)C(=O)c1ccc(COc2nn3c(C4C=C(COC)ON4)nnc3c3ccccc23)nc1. The van der Waals surface area contributed by atoms with E-state index < -0.39 is 0 Å². The van der Waals surface area contributed by atoms with E-state index in [1.807, 2.05) is 30.3 Å². The molecule has 1 amide bonds. The highest BCUT2D eigenvalue weighted by Crippen LogP contribution is 2.29. The Morgan fingerprint density at radius 2 is 1.77 bits per heavy atom. The second kappa shape index (κ2) is 12.8. The molecule has 1 aromatic carbocycles. The van der Waals surface area contributed by atoms with E-state index in [-0.39, 0.29) is 18.6 Å². The molecule has 4 aromatic rings. The third-order valence-corrected chi connectivity index (χ3v) is 6.33. The van der Waals surface area contributed by atoms with Crippen molar-refractivity contribution in [3.05, 3.63) is 71.5 Å². The van der Waals surface area contributed by atoms with Gasteiger partial charge in [0.2, 0.25) is 5.88 Å². The predicted molar refractivity (Wildman–Crippen MR) is 143 cm³/mol. The summed E-state index contributed by atoms with van der Waals surface area (Å²) >= 11 is 0. The van der Waals surface area contributed by atoms with Crippen molar-refractivity contribution >= 4 is 22.3 Å². The highest BCUT2D eigenvalue weighted by Gasteiger charge is 2.26. The van der Waals surface area contributed by atoms with Gasteiger partial charge in [-0.15, -0.1) is 20.8 Å². The predicted octanol–water partition coefficient (Wildman–Crippen LogP) is 2.09. The number of benzene rings is 1. The van der Waals surface area contributed by atoms with Gasteiger partial charge in [-0.05, 0) is 24.3 Å². The van der Waals surface area contributed by atoms with Gasteiger partial charge in [-0.2, -0.15) is 4.52 Å². The van der Waals surface area contributed by atoms with Crippen molar-refractivity contribution in [2.75, 3.05) is 54.2 Å². The van der Waals surface area contributed by atoms with Crippen molar-refractivity contribution in [3.63, 3.8) is 0 Å². The lowest BCUT2D eigenvalue weighted by Gasteiger charge is -2.22. The van der Waals surface area contributed by atoms with Crippen LogP contribution in [0.25, 0.3) is 16.4 Å². The van der Waals surface area contributed by atoms with Crippen LogP contribution in [-0.4, -0.2) is 89.8 Å². The third kappa shape index (κ3) is 5.87. The average molecular weight is 550 g/mol. The molecule has 210 valence electrons. The number of rotatable bonds is 13. The van der Waals surface area contributed by atoms with Gasteiger partial charge in [-0.3, -0.25) is 9.78 Å². The molecule has 1 aliphatic rings. The van der Waals surface area contributed by atoms with Gasteiger partial charge in [-0.1, -0.05) is 18.2 Å². The monoisotopic (exact) mass is 549 g/mol. The fourth-order valence-electron chi connectivity index (χ4n) is 4.29. The normalized spacial score (nSPS) is 14.9. The molecule has 0 fully saturated rings. The standard InChI is InChI=1S/C27H31N7O6/c1-36-12-10-33(11-13-37-2)27(35)18-8-9-19(28-15-18)16-39-26-22-7-5-4-6-21(22)24-29-30-25(34(24)31-26)23-14-20(17-38-3)40-32-23/h4-9,14-15,23,32H,10-13,16-17H2,1-3H3. The van der Waals surface area contributed by atoms with Crippen LogP contribution in [0.4, 0.5) is 0 Å². The Balaban J connectivity index is 1.36. The Morgan fingerprint density at radius 3 is 2.48 bits per heavy atom. The van der Waals surface area contributed by atoms with Gasteiger partial charge in [0.15, 0.2) is 11.5 Å². The van der Waals surface area contributed by atoms with Gasteiger partial charge in [-0.25, -0.2) is 0 Å². The van der Waals surface area contributed by atoms with Crippen LogP contribution in [0.1, 0.15) is 27.9 Å². The summed E-state index contributed by atoms with van der Waals surface area (Å²) in [6.07, 6.45) is 3.42. The van der Waals surface area contributed by atoms with Gasteiger partial charge in [0.1, 0.15) is 25.0 Å². The lowest BCUT2D eigenvalue weighted by molar-refractivity contribution is 0.0627. The van der Waals surface area contributed by atoms with Crippen molar-refractivity contribution in [1.29, 1.82) is 0 Å². The van der Waals surface area contributed by atoms with Gasteiger partial charge in [0.25, 0.3) is 5.91 Å². The maximum Gasteiger partial charge on any atom is 0.255 e. The van der Waals surface area contributed by atoms with E-state index in [2.05, 4.69) is 20.7 Å². The summed E-state index contributed by atoms with van der Waals surface area (Å²) in [5.41, 5.74) is 4.64. The third-order valence-electron chi connectivity index (χ3n) is 6.33. The zero-order chi connectivity index (χ0) is 27.9. The molecule has 5 rings (SSSR count). The fourth-order valence-corrected chi connectivity index (χ4v) is 4.29. The van der Waals surface area contributed by atoms with Gasteiger partial charge < -0.3 is 28.7 Å². The van der Waals surface area contributed by atoms with E-state index in [0.717, 1.165) is 10.8 Å². The van der Waals surface area contributed by atoms with E-state index in [0.29, 0.717) is 67.3 Å².